The number of hydrogen-bond donors (Lipinski definition) is 1. The normalized spacial score (nSPS) is 17.9. The van der Waals surface area contributed by atoms with E-state index in [-0.39, 0.29) is 19.0 Å². The number of likely N-dealkylation sites (tertiary alicyclic amines) is 1. The van der Waals surface area contributed by atoms with Crippen LogP contribution in [0.5, 0.6) is 0 Å². The van der Waals surface area contributed by atoms with Gasteiger partial charge in [-0.3, -0.25) is 9.52 Å². The Hall–Kier alpha value is -2.58. The topological polar surface area (TPSA) is 79.0 Å². The summed E-state index contributed by atoms with van der Waals surface area (Å²) in [6, 6.07) is 16.3. The molecule has 2 aromatic rings. The fourth-order valence-corrected chi connectivity index (χ4v) is 4.76. The minimum atomic E-state index is -3.51. The number of hydrogen-bond acceptors (Lipinski definition) is 5. The second kappa shape index (κ2) is 7.81. The summed E-state index contributed by atoms with van der Waals surface area (Å²) < 4.78 is 32.8. The van der Waals surface area contributed by atoms with Gasteiger partial charge in [0.25, 0.3) is 5.91 Å². The first-order valence-corrected chi connectivity index (χ1v) is 10.9. The van der Waals surface area contributed by atoms with Gasteiger partial charge in [-0.05, 0) is 36.4 Å². The summed E-state index contributed by atoms with van der Waals surface area (Å²) in [6.07, 6.45) is 0. The highest BCUT2D eigenvalue weighted by Gasteiger charge is 2.40. The van der Waals surface area contributed by atoms with Crippen LogP contribution in [0.3, 0.4) is 0 Å². The average Bonchev–Trinajstić information content (AvgIpc) is 2.68. The van der Waals surface area contributed by atoms with Crippen LogP contribution in [-0.4, -0.2) is 63.9 Å². The third-order valence-electron chi connectivity index (χ3n) is 5.10. The second-order valence-electron chi connectivity index (χ2n) is 6.99. The molecule has 2 saturated heterocycles. The molecule has 0 spiro atoms. The highest BCUT2D eigenvalue weighted by atomic mass is 32.2. The molecule has 8 heteroatoms. The van der Waals surface area contributed by atoms with Gasteiger partial charge in [0, 0.05) is 43.1 Å². The number of rotatable bonds is 5. The Bertz CT molecular complexity index is 920. The van der Waals surface area contributed by atoms with Crippen molar-refractivity contribution in [3.63, 3.8) is 0 Å². The summed E-state index contributed by atoms with van der Waals surface area (Å²) in [5.74, 6) is -0.139. The van der Waals surface area contributed by atoms with Crippen LogP contribution in [0.15, 0.2) is 54.6 Å². The van der Waals surface area contributed by atoms with E-state index < -0.39 is 15.3 Å². The molecule has 0 atom stereocenters. The number of nitrogens with zero attached hydrogens (tertiary/aromatic N) is 2. The molecule has 0 radical (unpaired) electrons. The van der Waals surface area contributed by atoms with Gasteiger partial charge in [0.05, 0.1) is 13.2 Å². The molecule has 0 aliphatic carbocycles. The molecule has 2 aliphatic rings. The molecule has 2 fully saturated rings. The number of anilines is 2. The van der Waals surface area contributed by atoms with Crippen molar-refractivity contribution in [1.29, 1.82) is 0 Å². The third kappa shape index (κ3) is 3.98. The molecule has 2 heterocycles. The van der Waals surface area contributed by atoms with E-state index in [9.17, 15) is 13.2 Å². The molecule has 0 unspecified atom stereocenters. The number of nitrogens with one attached hydrogen (secondary N) is 1. The number of sulfonamides is 1. The third-order valence-corrected chi connectivity index (χ3v) is 6.79. The minimum Gasteiger partial charge on any atom is -0.378 e. The number of para-hydroxylation sites is 1. The first-order valence-electron chi connectivity index (χ1n) is 9.32. The number of morpholine rings is 1. The highest BCUT2D eigenvalue weighted by Crippen LogP contribution is 2.23. The summed E-state index contributed by atoms with van der Waals surface area (Å²) in [6.45, 7) is 3.50. The molecule has 1 amide bonds. The molecule has 28 heavy (non-hydrogen) atoms. The molecule has 0 aromatic heterocycles. The van der Waals surface area contributed by atoms with Crippen LogP contribution in [0.2, 0.25) is 0 Å². The Morgan fingerprint density at radius 1 is 0.964 bits per heavy atom. The van der Waals surface area contributed by atoms with Gasteiger partial charge >= 0.3 is 0 Å². The van der Waals surface area contributed by atoms with Crippen LogP contribution in [0.1, 0.15) is 10.4 Å². The predicted molar refractivity (Wildman–Crippen MR) is 108 cm³/mol. The second-order valence-corrected chi connectivity index (χ2v) is 8.95. The molecule has 4 rings (SSSR count). The van der Waals surface area contributed by atoms with Crippen molar-refractivity contribution < 1.29 is 17.9 Å². The van der Waals surface area contributed by atoms with E-state index in [0.717, 1.165) is 18.8 Å². The maximum atomic E-state index is 12.6. The fraction of sp³-hybridized carbons (Fsp3) is 0.350. The SMILES string of the molecule is O=C(c1ccc(N2CCOCC2)cc1)N1CC(S(=O)(=O)Nc2ccccc2)C1. The van der Waals surface area contributed by atoms with Crippen LogP contribution >= 0.6 is 0 Å². The zero-order valence-electron chi connectivity index (χ0n) is 15.5. The Morgan fingerprint density at radius 2 is 1.61 bits per heavy atom. The van der Waals surface area contributed by atoms with Gasteiger partial charge in [-0.1, -0.05) is 18.2 Å². The van der Waals surface area contributed by atoms with Crippen LogP contribution in [0.4, 0.5) is 11.4 Å². The van der Waals surface area contributed by atoms with Crippen molar-refractivity contribution >= 4 is 27.3 Å². The van der Waals surface area contributed by atoms with Gasteiger partial charge in [-0.25, -0.2) is 8.42 Å². The summed E-state index contributed by atoms with van der Waals surface area (Å²) in [5.41, 5.74) is 2.17. The smallest absolute Gasteiger partial charge is 0.253 e. The molecule has 2 aliphatic heterocycles. The first kappa shape index (κ1) is 18.8. The van der Waals surface area contributed by atoms with E-state index >= 15 is 0 Å². The lowest BCUT2D eigenvalue weighted by molar-refractivity contribution is 0.0659. The van der Waals surface area contributed by atoms with E-state index in [1.807, 2.05) is 18.2 Å². The Balaban J connectivity index is 1.34. The number of ether oxygens (including phenoxy) is 1. The lowest BCUT2D eigenvalue weighted by atomic mass is 10.1. The lowest BCUT2D eigenvalue weighted by Crippen LogP contribution is -2.58. The largest absolute Gasteiger partial charge is 0.378 e. The van der Waals surface area contributed by atoms with Gasteiger partial charge in [0.2, 0.25) is 10.0 Å². The average molecular weight is 401 g/mol. The van der Waals surface area contributed by atoms with Gasteiger partial charge < -0.3 is 14.5 Å². The highest BCUT2D eigenvalue weighted by molar-refractivity contribution is 7.93. The quantitative estimate of drug-likeness (QED) is 0.826. The monoisotopic (exact) mass is 401 g/mol. The maximum Gasteiger partial charge on any atom is 0.253 e. The van der Waals surface area contributed by atoms with Crippen molar-refractivity contribution in [3.05, 3.63) is 60.2 Å². The van der Waals surface area contributed by atoms with Crippen molar-refractivity contribution in [2.45, 2.75) is 5.25 Å². The first-order chi connectivity index (χ1) is 13.5. The summed E-state index contributed by atoms with van der Waals surface area (Å²) in [7, 11) is -3.51. The van der Waals surface area contributed by atoms with E-state index in [2.05, 4.69) is 9.62 Å². The Kier molecular flexibility index (Phi) is 5.23. The maximum absolute atomic E-state index is 12.6. The van der Waals surface area contributed by atoms with Gasteiger partial charge in [0.15, 0.2) is 0 Å². The van der Waals surface area contributed by atoms with Crippen molar-refractivity contribution in [2.75, 3.05) is 49.0 Å². The molecule has 2 aromatic carbocycles. The Morgan fingerprint density at radius 3 is 2.25 bits per heavy atom. The van der Waals surface area contributed by atoms with Gasteiger partial charge in [-0.15, -0.1) is 0 Å². The fourth-order valence-electron chi connectivity index (χ4n) is 3.37. The summed E-state index contributed by atoms with van der Waals surface area (Å²) in [4.78, 5) is 16.4. The van der Waals surface area contributed by atoms with Gasteiger partial charge in [0.1, 0.15) is 5.25 Å². The van der Waals surface area contributed by atoms with Crippen LogP contribution in [0.25, 0.3) is 0 Å². The van der Waals surface area contributed by atoms with Crippen molar-refractivity contribution in [3.8, 4) is 0 Å². The zero-order chi connectivity index (χ0) is 19.6. The van der Waals surface area contributed by atoms with Crippen molar-refractivity contribution in [1.82, 2.24) is 4.90 Å². The molecule has 0 saturated carbocycles. The molecule has 148 valence electrons. The van der Waals surface area contributed by atoms with Crippen molar-refractivity contribution in [2.24, 2.45) is 0 Å². The minimum absolute atomic E-state index is 0.139. The molecule has 7 nitrogen and oxygen atoms in total. The van der Waals surface area contributed by atoms with E-state index in [4.69, 9.17) is 4.74 Å². The predicted octanol–water partition coefficient (Wildman–Crippen LogP) is 1.79. The summed E-state index contributed by atoms with van der Waals surface area (Å²) >= 11 is 0. The van der Waals surface area contributed by atoms with Crippen LogP contribution in [-0.2, 0) is 14.8 Å². The number of benzene rings is 2. The van der Waals surface area contributed by atoms with Crippen LogP contribution in [0, 0.1) is 0 Å². The number of carbonyl (C=O) groups excluding carboxylic acids is 1. The summed E-state index contributed by atoms with van der Waals surface area (Å²) in [5, 5.41) is -0.593. The van der Waals surface area contributed by atoms with E-state index in [1.54, 1.807) is 41.3 Å². The molecular formula is C20H23N3O4S. The Labute approximate surface area is 165 Å². The lowest BCUT2D eigenvalue weighted by Gasteiger charge is -2.38. The molecule has 0 bridgehead atoms. The van der Waals surface area contributed by atoms with E-state index in [1.165, 1.54) is 0 Å². The molecule has 1 N–H and O–H groups in total. The van der Waals surface area contributed by atoms with E-state index in [0.29, 0.717) is 24.5 Å². The standard InChI is InChI=1S/C20H23N3O4S/c24-20(16-6-8-18(9-7-16)22-10-12-27-13-11-22)23-14-19(15-23)28(25,26)21-17-4-2-1-3-5-17/h1-9,19,21H,10-15H2. The van der Waals surface area contributed by atoms with Crippen LogP contribution < -0.4 is 9.62 Å². The number of amides is 1. The molecular weight excluding hydrogens is 378 g/mol. The number of carbonyl (C=O) groups is 1. The zero-order valence-corrected chi connectivity index (χ0v) is 16.3. The van der Waals surface area contributed by atoms with Gasteiger partial charge in [-0.2, -0.15) is 0 Å².